The van der Waals surface area contributed by atoms with E-state index in [1.807, 2.05) is 13.8 Å². The monoisotopic (exact) mass is 457 g/mol. The van der Waals surface area contributed by atoms with Gasteiger partial charge in [-0.05, 0) is 19.3 Å². The second kappa shape index (κ2) is 13.4. The van der Waals surface area contributed by atoms with Crippen LogP contribution in [0.5, 0.6) is 0 Å². The van der Waals surface area contributed by atoms with Crippen molar-refractivity contribution in [1.29, 1.82) is 0 Å². The summed E-state index contributed by atoms with van der Waals surface area (Å²) in [6.45, 7) is 6.19. The number of carbonyl (C=O) groups is 4. The van der Waals surface area contributed by atoms with Crippen LogP contribution in [0.2, 0.25) is 0 Å². The van der Waals surface area contributed by atoms with Crippen LogP contribution in [0.25, 0.3) is 0 Å². The maximum absolute atomic E-state index is 13.2. The lowest BCUT2D eigenvalue weighted by molar-refractivity contribution is -0.162. The van der Waals surface area contributed by atoms with Crippen molar-refractivity contribution >= 4 is 24.2 Å². The first-order chi connectivity index (χ1) is 15.2. The molecule has 6 unspecified atom stereocenters. The van der Waals surface area contributed by atoms with Gasteiger partial charge in [0.1, 0.15) is 0 Å². The third kappa shape index (κ3) is 6.65. The van der Waals surface area contributed by atoms with Crippen LogP contribution >= 0.6 is 0 Å². The molecule has 1 N–H and O–H groups in total. The molecule has 10 nitrogen and oxygen atoms in total. The number of nitrogens with one attached hydrogen (secondary N) is 1. The number of nitrogens with zero attached hydrogens (tertiary/aromatic N) is 2. The Labute approximate surface area is 190 Å². The predicted octanol–water partition coefficient (Wildman–Crippen LogP) is 0.436. The summed E-state index contributed by atoms with van der Waals surface area (Å²) in [6, 6.07) is -0.570. The number of likely N-dealkylation sites (tertiary alicyclic amines) is 1. The van der Waals surface area contributed by atoms with Crippen LogP contribution in [0.15, 0.2) is 0 Å². The molecule has 0 spiro atoms. The highest BCUT2D eigenvalue weighted by molar-refractivity contribution is 5.81. The number of carbonyl (C=O) groups excluding carboxylic acids is 4. The van der Waals surface area contributed by atoms with Gasteiger partial charge in [0.25, 0.3) is 0 Å². The van der Waals surface area contributed by atoms with Gasteiger partial charge in [-0.15, -0.1) is 0 Å². The van der Waals surface area contributed by atoms with E-state index in [2.05, 4.69) is 5.32 Å². The van der Waals surface area contributed by atoms with Gasteiger partial charge in [-0.3, -0.25) is 19.2 Å². The summed E-state index contributed by atoms with van der Waals surface area (Å²) >= 11 is 0. The quantitative estimate of drug-likeness (QED) is 0.297. The van der Waals surface area contributed by atoms with E-state index in [0.29, 0.717) is 13.0 Å². The Bertz CT molecular complexity index is 645. The molecule has 0 aliphatic carbocycles. The first-order valence-corrected chi connectivity index (χ1v) is 11.0. The van der Waals surface area contributed by atoms with Crippen molar-refractivity contribution in [3.63, 3.8) is 0 Å². The number of esters is 1. The summed E-state index contributed by atoms with van der Waals surface area (Å²) in [7, 11) is 6.04. The summed E-state index contributed by atoms with van der Waals surface area (Å²) in [5.41, 5.74) is 0. The van der Waals surface area contributed by atoms with Crippen molar-refractivity contribution in [2.45, 2.75) is 64.3 Å². The fourth-order valence-corrected chi connectivity index (χ4v) is 4.36. The van der Waals surface area contributed by atoms with Gasteiger partial charge in [0.2, 0.25) is 18.2 Å². The van der Waals surface area contributed by atoms with Gasteiger partial charge in [0.15, 0.2) is 0 Å². The summed E-state index contributed by atoms with van der Waals surface area (Å²) in [5, 5.41) is 2.38. The molecule has 0 bridgehead atoms. The zero-order chi connectivity index (χ0) is 24.4. The molecule has 1 rings (SSSR count). The molecule has 1 heterocycles. The van der Waals surface area contributed by atoms with Crippen LogP contribution in [-0.2, 0) is 33.4 Å². The molecule has 184 valence electrons. The second-order valence-electron chi connectivity index (χ2n) is 8.31. The number of likely N-dealkylation sites (N-methyl/N-ethyl adjacent to an activating group) is 1. The average Bonchev–Trinajstić information content (AvgIpc) is 2.77. The van der Waals surface area contributed by atoms with E-state index in [0.717, 1.165) is 12.8 Å². The highest BCUT2D eigenvalue weighted by atomic mass is 16.5. The van der Waals surface area contributed by atoms with Gasteiger partial charge >= 0.3 is 5.97 Å². The SMILES string of the molecule is CCC(C)C(C(CC(=O)N1CCC1C(OC)C(C)C(=O)OC)OC)N(C)C(=O)CNC=O. The number of ether oxygens (including phenoxy) is 3. The Balaban J connectivity index is 2.96. The summed E-state index contributed by atoms with van der Waals surface area (Å²) in [4.78, 5) is 51.5. The molecule has 1 fully saturated rings. The number of methoxy groups -OCH3 is 3. The van der Waals surface area contributed by atoms with E-state index in [-0.39, 0.29) is 48.8 Å². The number of rotatable bonds is 14. The Kier molecular flexibility index (Phi) is 11.6. The van der Waals surface area contributed by atoms with Crippen LogP contribution in [-0.4, -0.2) is 99.8 Å². The predicted molar refractivity (Wildman–Crippen MR) is 118 cm³/mol. The fraction of sp³-hybridized carbons (Fsp3) is 0.818. The Morgan fingerprint density at radius 3 is 2.28 bits per heavy atom. The van der Waals surface area contributed by atoms with Crippen molar-refractivity contribution < 1.29 is 33.4 Å². The molecule has 0 saturated carbocycles. The minimum absolute atomic E-state index is 0.0659. The lowest BCUT2D eigenvalue weighted by Gasteiger charge is -2.47. The van der Waals surface area contributed by atoms with Crippen molar-refractivity contribution in [3.05, 3.63) is 0 Å². The van der Waals surface area contributed by atoms with Crippen molar-refractivity contribution in [2.24, 2.45) is 11.8 Å². The number of hydrogen-bond acceptors (Lipinski definition) is 7. The van der Waals surface area contributed by atoms with Gasteiger partial charge < -0.3 is 29.3 Å². The molecule has 3 amide bonds. The van der Waals surface area contributed by atoms with E-state index in [1.165, 1.54) is 21.3 Å². The van der Waals surface area contributed by atoms with Crippen LogP contribution in [0.4, 0.5) is 0 Å². The van der Waals surface area contributed by atoms with Gasteiger partial charge in [-0.1, -0.05) is 20.3 Å². The highest BCUT2D eigenvalue weighted by Gasteiger charge is 2.44. The maximum Gasteiger partial charge on any atom is 0.311 e. The molecule has 32 heavy (non-hydrogen) atoms. The average molecular weight is 458 g/mol. The summed E-state index contributed by atoms with van der Waals surface area (Å²) in [6.07, 6.45) is 1.09. The van der Waals surface area contributed by atoms with Crippen molar-refractivity contribution in [3.8, 4) is 0 Å². The Hall–Kier alpha value is -2.20. The zero-order valence-electron chi connectivity index (χ0n) is 20.3. The topological polar surface area (TPSA) is 114 Å². The van der Waals surface area contributed by atoms with E-state index in [1.54, 1.807) is 23.8 Å². The minimum Gasteiger partial charge on any atom is -0.469 e. The van der Waals surface area contributed by atoms with Crippen molar-refractivity contribution in [1.82, 2.24) is 15.1 Å². The first-order valence-electron chi connectivity index (χ1n) is 11.0. The van der Waals surface area contributed by atoms with Crippen LogP contribution in [0.3, 0.4) is 0 Å². The van der Waals surface area contributed by atoms with Crippen LogP contribution in [0.1, 0.15) is 40.0 Å². The van der Waals surface area contributed by atoms with Gasteiger partial charge in [-0.25, -0.2) is 0 Å². The Morgan fingerprint density at radius 1 is 1.19 bits per heavy atom. The molecule has 6 atom stereocenters. The zero-order valence-corrected chi connectivity index (χ0v) is 20.3. The third-order valence-electron chi connectivity index (χ3n) is 6.57. The van der Waals surface area contributed by atoms with E-state index < -0.39 is 18.1 Å². The van der Waals surface area contributed by atoms with Crippen LogP contribution in [0, 0.1) is 11.8 Å². The molecule has 0 aromatic heterocycles. The number of amides is 3. The second-order valence-corrected chi connectivity index (χ2v) is 8.31. The van der Waals surface area contributed by atoms with Crippen LogP contribution < -0.4 is 5.32 Å². The first kappa shape index (κ1) is 27.8. The van der Waals surface area contributed by atoms with E-state index in [4.69, 9.17) is 14.2 Å². The molecule has 0 aromatic carbocycles. The highest BCUT2D eigenvalue weighted by Crippen LogP contribution is 2.30. The standard InChI is InChI=1S/C22H39N3O7/c1-8-14(2)20(24(4)19(28)12-23-13-26)17(30-5)11-18(27)25-10-9-16(25)21(31-6)15(3)22(29)32-7/h13-17,20-21H,8-12H2,1-7H3,(H,23,26). The largest absolute Gasteiger partial charge is 0.469 e. The van der Waals surface area contributed by atoms with Gasteiger partial charge in [0.05, 0.1) is 50.3 Å². The molecular formula is C22H39N3O7. The van der Waals surface area contributed by atoms with Gasteiger partial charge in [-0.2, -0.15) is 0 Å². The normalized spacial score (nSPS) is 20.2. The smallest absolute Gasteiger partial charge is 0.311 e. The van der Waals surface area contributed by atoms with E-state index in [9.17, 15) is 19.2 Å². The molecule has 1 saturated heterocycles. The van der Waals surface area contributed by atoms with Gasteiger partial charge in [0, 0.05) is 27.8 Å². The van der Waals surface area contributed by atoms with E-state index >= 15 is 0 Å². The fourth-order valence-electron chi connectivity index (χ4n) is 4.36. The molecule has 1 aliphatic heterocycles. The number of hydrogen-bond donors (Lipinski definition) is 1. The lowest BCUT2D eigenvalue weighted by atomic mass is 9.87. The molecular weight excluding hydrogens is 418 g/mol. The summed E-state index contributed by atoms with van der Waals surface area (Å²) < 4.78 is 16.1. The minimum atomic E-state index is -0.525. The third-order valence-corrected chi connectivity index (χ3v) is 6.57. The van der Waals surface area contributed by atoms with Crippen molar-refractivity contribution in [2.75, 3.05) is 41.5 Å². The molecule has 0 aromatic rings. The lowest BCUT2D eigenvalue weighted by Crippen LogP contribution is -2.60. The summed E-state index contributed by atoms with van der Waals surface area (Å²) in [5.74, 6) is -1.20. The Morgan fingerprint density at radius 2 is 1.84 bits per heavy atom. The molecule has 0 radical (unpaired) electrons. The maximum atomic E-state index is 13.2. The molecule has 10 heteroatoms. The molecule has 1 aliphatic rings.